The Labute approximate surface area is 103 Å². The first-order valence-electron chi connectivity index (χ1n) is 5.79. The third-order valence-corrected chi connectivity index (χ3v) is 1.88. The van der Waals surface area contributed by atoms with Gasteiger partial charge in [0, 0.05) is 12.2 Å². The van der Waals surface area contributed by atoms with Crippen LogP contribution in [0, 0.1) is 0 Å². The lowest BCUT2D eigenvalue weighted by Gasteiger charge is -1.94. The van der Waals surface area contributed by atoms with Crippen LogP contribution in [0.4, 0.5) is 0 Å². The van der Waals surface area contributed by atoms with Gasteiger partial charge in [-0.3, -0.25) is 0 Å². The first-order chi connectivity index (χ1) is 8.04. The molecule has 0 aliphatic carbocycles. The summed E-state index contributed by atoms with van der Waals surface area (Å²) in [5.41, 5.74) is 0. The highest BCUT2D eigenvalue weighted by Crippen LogP contribution is 2.04. The topological polar surface area (TPSA) is 74.6 Å². The molecule has 0 amide bonds. The van der Waals surface area contributed by atoms with E-state index in [-0.39, 0.29) is 0 Å². The molecular weight excluding hydrogens is 220 g/mol. The summed E-state index contributed by atoms with van der Waals surface area (Å²) >= 11 is 0. The number of aliphatic carboxylic acids is 2. The van der Waals surface area contributed by atoms with Crippen LogP contribution in [0.2, 0.25) is 0 Å². The summed E-state index contributed by atoms with van der Waals surface area (Å²) in [5, 5.41) is 15.6. The van der Waals surface area contributed by atoms with Crippen molar-refractivity contribution in [3.63, 3.8) is 0 Å². The van der Waals surface area contributed by atoms with E-state index in [0.29, 0.717) is 12.2 Å². The van der Waals surface area contributed by atoms with Crippen LogP contribution in [0.3, 0.4) is 0 Å². The predicted molar refractivity (Wildman–Crippen MR) is 68.0 cm³/mol. The fourth-order valence-corrected chi connectivity index (χ4v) is 1.03. The summed E-state index contributed by atoms with van der Waals surface area (Å²) in [7, 11) is 0. The molecule has 4 heteroatoms. The van der Waals surface area contributed by atoms with Crippen molar-refractivity contribution in [1.82, 2.24) is 0 Å². The van der Waals surface area contributed by atoms with Crippen molar-refractivity contribution in [3.8, 4) is 0 Å². The average Bonchev–Trinajstić information content (AvgIpc) is 2.27. The normalized spacial score (nSPS) is 9.47. The summed E-state index contributed by atoms with van der Waals surface area (Å²) < 4.78 is 0. The van der Waals surface area contributed by atoms with Gasteiger partial charge < -0.3 is 10.2 Å². The van der Waals surface area contributed by atoms with E-state index in [4.69, 9.17) is 10.2 Å². The van der Waals surface area contributed by atoms with E-state index in [9.17, 15) is 9.59 Å². The van der Waals surface area contributed by atoms with E-state index in [1.807, 2.05) is 6.08 Å². The van der Waals surface area contributed by atoms with Crippen molar-refractivity contribution >= 4 is 11.9 Å². The smallest absolute Gasteiger partial charge is 0.328 e. The molecule has 17 heavy (non-hydrogen) atoms. The lowest BCUT2D eigenvalue weighted by Crippen LogP contribution is -1.91. The number of hydrogen-bond acceptors (Lipinski definition) is 2. The van der Waals surface area contributed by atoms with Crippen molar-refractivity contribution in [2.75, 3.05) is 0 Å². The predicted octanol–water partition coefficient (Wildman–Crippen LogP) is 3.24. The summed E-state index contributed by atoms with van der Waals surface area (Å²) in [6.07, 6.45) is 11.2. The monoisotopic (exact) mass is 242 g/mol. The average molecular weight is 242 g/mol. The fraction of sp³-hybridized carbons (Fsp3) is 0.538. The summed E-state index contributed by atoms with van der Waals surface area (Å²) in [5.74, 6) is -2.51. The number of carboxylic acids is 2. The number of allylic oxidation sites excluding steroid dienone is 1. The molecule has 98 valence electrons. The van der Waals surface area contributed by atoms with Crippen molar-refractivity contribution in [1.29, 1.82) is 0 Å². The van der Waals surface area contributed by atoms with E-state index in [1.54, 1.807) is 0 Å². The van der Waals surface area contributed by atoms with Crippen LogP contribution in [0.5, 0.6) is 0 Å². The van der Waals surface area contributed by atoms with Gasteiger partial charge in [0.05, 0.1) is 0 Å². The van der Waals surface area contributed by atoms with Crippen LogP contribution in [0.15, 0.2) is 24.8 Å². The van der Waals surface area contributed by atoms with Crippen LogP contribution in [0.25, 0.3) is 0 Å². The molecule has 0 rings (SSSR count). The summed E-state index contributed by atoms with van der Waals surface area (Å²) in [4.78, 5) is 19.1. The molecule has 0 saturated carbocycles. The molecule has 0 aromatic rings. The third kappa shape index (κ3) is 25.1. The van der Waals surface area contributed by atoms with E-state index in [1.165, 1.54) is 38.5 Å². The molecule has 0 unspecified atom stereocenters. The van der Waals surface area contributed by atoms with Crippen LogP contribution in [-0.2, 0) is 9.59 Å². The van der Waals surface area contributed by atoms with Crippen molar-refractivity contribution in [3.05, 3.63) is 24.8 Å². The zero-order valence-electron chi connectivity index (χ0n) is 10.4. The number of carbonyl (C=O) groups is 2. The van der Waals surface area contributed by atoms with Crippen molar-refractivity contribution in [2.24, 2.45) is 0 Å². The number of hydrogen-bond donors (Lipinski definition) is 2. The number of carboxylic acid groups (broad SMARTS) is 2. The molecule has 0 saturated heterocycles. The maximum Gasteiger partial charge on any atom is 0.328 e. The maximum atomic E-state index is 9.55. The van der Waals surface area contributed by atoms with Gasteiger partial charge in [0.2, 0.25) is 0 Å². The second kappa shape index (κ2) is 14.4. The molecule has 0 heterocycles. The van der Waals surface area contributed by atoms with E-state index < -0.39 is 11.9 Å². The zero-order valence-corrected chi connectivity index (χ0v) is 10.4. The Kier molecular flexibility index (Phi) is 15.1. The minimum absolute atomic E-state index is 0.558. The molecule has 2 N–H and O–H groups in total. The Morgan fingerprint density at radius 3 is 1.82 bits per heavy atom. The van der Waals surface area contributed by atoms with Gasteiger partial charge in [-0.05, 0) is 12.8 Å². The molecule has 0 spiro atoms. The first kappa shape index (κ1) is 17.8. The molecule has 0 aromatic heterocycles. The number of unbranched alkanes of at least 4 members (excludes halogenated alkanes) is 5. The lowest BCUT2D eigenvalue weighted by atomic mass is 10.1. The molecule has 0 radical (unpaired) electrons. The standard InChI is InChI=1S/C9H18.C4H4O4/c1-3-5-7-9-8-6-4-2;5-3(6)1-2-4(7)8/h3H,1,4-9H2,2H3;1-2H,(H,5,6)(H,7,8)/b;2-1-. The fourth-order valence-electron chi connectivity index (χ4n) is 1.03. The van der Waals surface area contributed by atoms with Gasteiger partial charge >= 0.3 is 11.9 Å². The molecule has 4 nitrogen and oxygen atoms in total. The van der Waals surface area contributed by atoms with Crippen LogP contribution in [-0.4, -0.2) is 22.2 Å². The highest BCUT2D eigenvalue weighted by molar-refractivity contribution is 5.89. The van der Waals surface area contributed by atoms with Gasteiger partial charge in [-0.1, -0.05) is 38.7 Å². The molecule has 0 aliphatic rings. The Morgan fingerprint density at radius 1 is 1.00 bits per heavy atom. The highest BCUT2D eigenvalue weighted by Gasteiger charge is 1.88. The van der Waals surface area contributed by atoms with E-state index in [0.717, 1.165) is 0 Å². The van der Waals surface area contributed by atoms with Crippen molar-refractivity contribution < 1.29 is 19.8 Å². The van der Waals surface area contributed by atoms with Gasteiger partial charge in [0.25, 0.3) is 0 Å². The van der Waals surface area contributed by atoms with Crippen LogP contribution < -0.4 is 0 Å². The zero-order chi connectivity index (χ0) is 13.5. The molecule has 0 atom stereocenters. The molecular formula is C13H22O4. The SMILES string of the molecule is C=CCCCCCCC.O=C(O)/C=C\C(=O)O. The Bertz CT molecular complexity index is 228. The van der Waals surface area contributed by atoms with E-state index >= 15 is 0 Å². The Morgan fingerprint density at radius 2 is 1.47 bits per heavy atom. The maximum absolute atomic E-state index is 9.55. The Balaban J connectivity index is 0. The molecule has 0 fully saturated rings. The number of rotatable bonds is 8. The molecule has 0 aliphatic heterocycles. The molecule has 0 aromatic carbocycles. The largest absolute Gasteiger partial charge is 0.478 e. The quantitative estimate of drug-likeness (QED) is 0.389. The second-order valence-electron chi connectivity index (χ2n) is 3.50. The van der Waals surface area contributed by atoms with Gasteiger partial charge in [0.15, 0.2) is 0 Å². The minimum atomic E-state index is -1.26. The van der Waals surface area contributed by atoms with Gasteiger partial charge in [-0.2, -0.15) is 0 Å². The third-order valence-electron chi connectivity index (χ3n) is 1.88. The van der Waals surface area contributed by atoms with Crippen LogP contribution in [0.1, 0.15) is 45.4 Å². The molecule has 0 bridgehead atoms. The van der Waals surface area contributed by atoms with Crippen LogP contribution >= 0.6 is 0 Å². The summed E-state index contributed by atoms with van der Waals surface area (Å²) in [6, 6.07) is 0. The van der Waals surface area contributed by atoms with Gasteiger partial charge in [-0.25, -0.2) is 9.59 Å². The summed E-state index contributed by atoms with van der Waals surface area (Å²) in [6.45, 7) is 5.92. The van der Waals surface area contributed by atoms with E-state index in [2.05, 4.69) is 13.5 Å². The van der Waals surface area contributed by atoms with Gasteiger partial charge in [0.1, 0.15) is 0 Å². The first-order valence-corrected chi connectivity index (χ1v) is 5.79. The highest BCUT2D eigenvalue weighted by atomic mass is 16.4. The lowest BCUT2D eigenvalue weighted by molar-refractivity contribution is -0.134. The Hall–Kier alpha value is -1.58. The van der Waals surface area contributed by atoms with Gasteiger partial charge in [-0.15, -0.1) is 6.58 Å². The van der Waals surface area contributed by atoms with Crippen molar-refractivity contribution in [2.45, 2.75) is 45.4 Å². The minimum Gasteiger partial charge on any atom is -0.478 e. The second-order valence-corrected chi connectivity index (χ2v) is 3.50.